The van der Waals surface area contributed by atoms with Gasteiger partial charge in [0, 0.05) is 73.0 Å². The van der Waals surface area contributed by atoms with Crippen LogP contribution in [0.1, 0.15) is 175 Å². The predicted octanol–water partition coefficient (Wildman–Crippen LogP) is 7.86. The zero-order valence-electron chi connectivity index (χ0n) is 46.0. The van der Waals surface area contributed by atoms with Gasteiger partial charge in [0.2, 0.25) is 0 Å². The summed E-state index contributed by atoms with van der Waals surface area (Å²) in [4.78, 5) is 16.4. The summed E-state index contributed by atoms with van der Waals surface area (Å²) >= 11 is 4.64. The van der Waals surface area contributed by atoms with Crippen molar-refractivity contribution in [2.45, 2.75) is 215 Å². The van der Waals surface area contributed by atoms with E-state index in [1.54, 1.807) is 4.90 Å². The van der Waals surface area contributed by atoms with Crippen LogP contribution in [0.25, 0.3) is 0 Å². The Morgan fingerprint density at radius 2 is 0.836 bits per heavy atom. The Hall–Kier alpha value is -2.65. The molecule has 0 saturated carbocycles. The number of rotatable bonds is 6. The Bertz CT molecular complexity index is 2110. The molecule has 0 aliphatic carbocycles. The van der Waals surface area contributed by atoms with Crippen LogP contribution in [0.15, 0.2) is 37.2 Å². The van der Waals surface area contributed by atoms with Gasteiger partial charge in [-0.1, -0.05) is 14.9 Å². The number of hydrogen-bond donors (Lipinski definition) is 1. The van der Waals surface area contributed by atoms with Gasteiger partial charge < -0.3 is 47.8 Å². The average molecular weight is 1060 g/mol. The Morgan fingerprint density at radius 1 is 0.562 bits per heavy atom. The summed E-state index contributed by atoms with van der Waals surface area (Å²) in [5, 5.41) is 17.0. The third-order valence-corrected chi connectivity index (χ3v) is 15.7. The van der Waals surface area contributed by atoms with Crippen LogP contribution in [0.3, 0.4) is 0 Å². The highest BCUT2D eigenvalue weighted by Crippen LogP contribution is 2.39. The maximum absolute atomic E-state index is 12.2. The summed E-state index contributed by atoms with van der Waals surface area (Å²) in [6, 6.07) is 1.25. The van der Waals surface area contributed by atoms with Crippen molar-refractivity contribution in [3.05, 3.63) is 37.2 Å². The van der Waals surface area contributed by atoms with E-state index in [2.05, 4.69) is 121 Å². The minimum absolute atomic E-state index is 0. The zero-order chi connectivity index (χ0) is 51.7. The van der Waals surface area contributed by atoms with E-state index in [9.17, 15) is 4.79 Å². The molecule has 0 radical (unpaired) electrons. The van der Waals surface area contributed by atoms with E-state index >= 15 is 0 Å². The number of aromatic nitrogens is 6. The molecule has 1 amide bonds. The van der Waals surface area contributed by atoms with Gasteiger partial charge in [0.25, 0.3) is 0 Å². The van der Waals surface area contributed by atoms with Gasteiger partial charge in [0.05, 0.1) is 51.7 Å². The van der Waals surface area contributed by atoms with Gasteiger partial charge >= 0.3 is 27.4 Å². The number of halogens is 2. The number of likely N-dealkylation sites (tertiary alicyclic amines) is 2. The predicted molar refractivity (Wildman–Crippen MR) is 299 cm³/mol. The van der Waals surface area contributed by atoms with Crippen LogP contribution in [-0.4, -0.2) is 158 Å². The molecule has 0 aromatic carbocycles. The summed E-state index contributed by atoms with van der Waals surface area (Å²) in [6.07, 6.45) is 19.3. The molecule has 0 unspecified atom stereocenters. The van der Waals surface area contributed by atoms with Crippen LogP contribution in [0.4, 0.5) is 4.79 Å². The number of hydrogen-bond acceptors (Lipinski definition) is 13. The largest absolute Gasteiger partial charge is 0.498 e. The van der Waals surface area contributed by atoms with Crippen LogP contribution < -0.4 is 21.7 Å². The van der Waals surface area contributed by atoms with Crippen molar-refractivity contribution in [3.8, 4) is 0 Å². The topological polar surface area (TPSA) is 154 Å². The fourth-order valence-electron chi connectivity index (χ4n) is 8.93. The number of carbonyl (C=O) groups excluding carboxylic acids is 1. The zero-order valence-corrected chi connectivity index (χ0v) is 47.6. The SMILES string of the molecule is C.C.CC(C)(C)OC(=O)N1CCC(n2cc(B3OC(C)(C)C(C)(C)O3)cn2)CC1.CC1(C)OB(c2cnn(C3CCNCC3)c2)OC1(C)C.CCl.CN1CCC(n2cc(B3OC(C)(C)C(C)(C)O3)cn2)CC1.Cl. The lowest BCUT2D eigenvalue weighted by molar-refractivity contribution is 0.00578. The quantitative estimate of drug-likeness (QED) is 0.189. The lowest BCUT2D eigenvalue weighted by Crippen LogP contribution is -2.42. The highest BCUT2D eigenvalue weighted by molar-refractivity contribution is 6.62. The Kier molecular flexibility index (Phi) is 22.3. The fraction of sp³-hybridized carbons (Fsp3) is 0.804. The van der Waals surface area contributed by atoms with Gasteiger partial charge in [-0.15, -0.1) is 24.0 Å². The number of ether oxygens (including phenoxy) is 1. The van der Waals surface area contributed by atoms with Crippen LogP contribution in [0.5, 0.6) is 0 Å². The molecule has 414 valence electrons. The molecule has 3 aromatic heterocycles. The summed E-state index contributed by atoms with van der Waals surface area (Å²) in [7, 11) is 1.16. The number of nitrogens with one attached hydrogen (secondary N) is 1. The van der Waals surface area contributed by atoms with Gasteiger partial charge in [-0.3, -0.25) is 14.0 Å². The van der Waals surface area contributed by atoms with E-state index in [0.29, 0.717) is 25.2 Å². The molecular formula is C51H94B3Cl2N9O8. The second kappa shape index (κ2) is 25.2. The van der Waals surface area contributed by atoms with Crippen molar-refractivity contribution >= 4 is 67.8 Å². The number of carbonyl (C=O) groups is 1. The lowest BCUT2D eigenvalue weighted by Gasteiger charge is -2.33. The molecule has 6 fully saturated rings. The van der Waals surface area contributed by atoms with Crippen molar-refractivity contribution in [1.29, 1.82) is 0 Å². The lowest BCUT2D eigenvalue weighted by atomic mass is 9.82. The number of alkyl halides is 1. The highest BCUT2D eigenvalue weighted by atomic mass is 35.5. The molecule has 3 aromatic rings. The van der Waals surface area contributed by atoms with Crippen molar-refractivity contribution in [2.24, 2.45) is 0 Å². The summed E-state index contributed by atoms with van der Waals surface area (Å²) in [5.74, 6) is 0. The fourth-order valence-corrected chi connectivity index (χ4v) is 8.93. The maximum Gasteiger partial charge on any atom is 0.498 e. The van der Waals surface area contributed by atoms with E-state index in [-0.39, 0.29) is 87.2 Å². The third kappa shape index (κ3) is 15.5. The molecule has 6 saturated heterocycles. The molecule has 0 atom stereocenters. The Labute approximate surface area is 452 Å². The van der Waals surface area contributed by atoms with Crippen molar-refractivity contribution in [1.82, 2.24) is 44.5 Å². The van der Waals surface area contributed by atoms with E-state index in [4.69, 9.17) is 32.7 Å². The van der Waals surface area contributed by atoms with Gasteiger partial charge in [0.15, 0.2) is 0 Å². The number of piperidine rings is 3. The number of amides is 1. The van der Waals surface area contributed by atoms with E-state index < -0.39 is 12.7 Å². The van der Waals surface area contributed by atoms with E-state index in [1.165, 1.54) is 6.38 Å². The Balaban J connectivity index is 0.000000282. The first kappa shape index (κ1) is 64.6. The highest BCUT2D eigenvalue weighted by Gasteiger charge is 2.54. The molecule has 9 heterocycles. The van der Waals surface area contributed by atoms with Crippen LogP contribution in [0, 0.1) is 0 Å². The molecule has 6 aliphatic heterocycles. The molecule has 17 nitrogen and oxygen atoms in total. The van der Waals surface area contributed by atoms with Crippen molar-refractivity contribution < 1.29 is 37.5 Å². The molecule has 6 aliphatic rings. The van der Waals surface area contributed by atoms with Crippen LogP contribution in [-0.2, 0) is 32.7 Å². The van der Waals surface area contributed by atoms with Crippen LogP contribution >= 0.6 is 24.0 Å². The van der Waals surface area contributed by atoms with Gasteiger partial charge in [-0.2, -0.15) is 15.3 Å². The van der Waals surface area contributed by atoms with Gasteiger partial charge in [-0.05, 0) is 176 Å². The minimum atomic E-state index is -0.465. The molecule has 22 heteroatoms. The standard InChI is InChI=1S/C19H32BN3O4.C15H26BN3O2.C14H24BN3O2.CH3Cl.2CH4.ClH/c1-17(2,3)25-16(24)22-10-8-15(9-11-22)23-13-14(12-21-23)20-26-18(4,5)19(6,7)27-20;1-14(2)15(3,4)21-16(20-14)12-10-17-19(11-12)13-6-8-18(5)9-7-13;1-13(2)14(3,4)20-15(19-13)11-9-17-18(10-11)12-5-7-16-8-6-12;1-2;;;/h12-13,15H,8-11H2,1-7H3;10-11,13H,6-9H2,1-5H3;9-10,12,16H,5-8H2,1-4H3;1H3;2*1H4;1H. The maximum atomic E-state index is 12.2. The van der Waals surface area contributed by atoms with E-state index in [1.807, 2.05) is 77.9 Å². The molecule has 73 heavy (non-hydrogen) atoms. The van der Waals surface area contributed by atoms with Crippen molar-refractivity contribution in [2.75, 3.05) is 52.7 Å². The second-order valence-electron chi connectivity index (χ2n) is 23.7. The first-order chi connectivity index (χ1) is 32.6. The minimum Gasteiger partial charge on any atom is -0.444 e. The first-order valence-corrected chi connectivity index (χ1v) is 26.2. The van der Waals surface area contributed by atoms with Crippen molar-refractivity contribution in [3.63, 3.8) is 0 Å². The molecule has 1 N–H and O–H groups in total. The average Bonchev–Trinajstić information content (AvgIpc) is 4.14. The second-order valence-corrected chi connectivity index (χ2v) is 23.7. The van der Waals surface area contributed by atoms with Gasteiger partial charge in [0.1, 0.15) is 5.60 Å². The molecule has 0 spiro atoms. The monoisotopic (exact) mass is 1060 g/mol. The van der Waals surface area contributed by atoms with Gasteiger partial charge in [-0.25, -0.2) is 4.79 Å². The summed E-state index contributed by atoms with van der Waals surface area (Å²) < 4.78 is 48.1. The molecular weight excluding hydrogens is 970 g/mol. The summed E-state index contributed by atoms with van der Waals surface area (Å²) in [5.41, 5.74) is 0.590. The van der Waals surface area contributed by atoms with E-state index in [0.717, 1.165) is 81.1 Å². The smallest absolute Gasteiger partial charge is 0.444 e. The summed E-state index contributed by atoms with van der Waals surface area (Å²) in [6.45, 7) is 36.2. The first-order valence-electron chi connectivity index (χ1n) is 25.5. The third-order valence-electron chi connectivity index (χ3n) is 15.7. The molecule has 9 rings (SSSR count). The Morgan fingerprint density at radius 3 is 1.12 bits per heavy atom. The normalized spacial score (nSPS) is 23.3. The molecule has 0 bridgehead atoms. The van der Waals surface area contributed by atoms with Crippen LogP contribution in [0.2, 0.25) is 0 Å². The number of nitrogens with zero attached hydrogens (tertiary/aromatic N) is 8.